The molecule has 0 atom stereocenters. The van der Waals surface area contributed by atoms with Crippen molar-refractivity contribution in [2.75, 3.05) is 6.54 Å². The summed E-state index contributed by atoms with van der Waals surface area (Å²) in [6, 6.07) is 5.06. The molecule has 0 spiro atoms. The van der Waals surface area contributed by atoms with E-state index in [1.807, 2.05) is 0 Å². The van der Waals surface area contributed by atoms with Crippen molar-refractivity contribution in [3.8, 4) is 12.3 Å². The molecule has 0 radical (unpaired) electrons. The molecule has 0 heterocycles. The first kappa shape index (κ1) is 15.2. The Labute approximate surface area is 112 Å². The zero-order chi connectivity index (χ0) is 14.3. The minimum Gasteiger partial charge on any atom is -0.478 e. The van der Waals surface area contributed by atoms with Crippen LogP contribution in [0.3, 0.4) is 0 Å². The Kier molecular flexibility index (Phi) is 5.55. The molecule has 5 nitrogen and oxygen atoms in total. The number of carbonyl (C=O) groups is 1. The van der Waals surface area contributed by atoms with Crippen molar-refractivity contribution < 1.29 is 18.3 Å². The standard InChI is InChI=1S/C13H15NO4S/c1-2-3-4-5-10-14-19(17,18)12-8-6-11(7-9-12)13(15)16/h1,6-9,14H,3-5,10H2,(H,15,16). The van der Waals surface area contributed by atoms with E-state index < -0.39 is 16.0 Å². The fraction of sp³-hybridized carbons (Fsp3) is 0.308. The van der Waals surface area contributed by atoms with Crippen LogP contribution < -0.4 is 4.72 Å². The second-order valence-corrected chi connectivity index (χ2v) is 5.66. The topological polar surface area (TPSA) is 83.5 Å². The minimum atomic E-state index is -3.58. The molecule has 19 heavy (non-hydrogen) atoms. The monoisotopic (exact) mass is 281 g/mol. The Morgan fingerprint density at radius 3 is 2.42 bits per heavy atom. The van der Waals surface area contributed by atoms with Crippen molar-refractivity contribution in [3.63, 3.8) is 0 Å². The highest BCUT2D eigenvalue weighted by Crippen LogP contribution is 2.10. The lowest BCUT2D eigenvalue weighted by molar-refractivity contribution is 0.0696. The van der Waals surface area contributed by atoms with Gasteiger partial charge in [-0.05, 0) is 37.1 Å². The van der Waals surface area contributed by atoms with Crippen LogP contribution in [0.5, 0.6) is 0 Å². The molecule has 0 unspecified atom stereocenters. The molecule has 0 fully saturated rings. The number of nitrogens with one attached hydrogen (secondary N) is 1. The molecule has 0 aliphatic rings. The van der Waals surface area contributed by atoms with Gasteiger partial charge in [-0.2, -0.15) is 0 Å². The van der Waals surface area contributed by atoms with E-state index in [1.165, 1.54) is 24.3 Å². The summed E-state index contributed by atoms with van der Waals surface area (Å²) >= 11 is 0. The highest BCUT2D eigenvalue weighted by molar-refractivity contribution is 7.89. The number of benzene rings is 1. The average Bonchev–Trinajstić information content (AvgIpc) is 2.38. The number of carboxylic acid groups (broad SMARTS) is 1. The fourth-order valence-electron chi connectivity index (χ4n) is 1.42. The number of sulfonamides is 1. The van der Waals surface area contributed by atoms with E-state index >= 15 is 0 Å². The maximum Gasteiger partial charge on any atom is 0.335 e. The summed E-state index contributed by atoms with van der Waals surface area (Å²) in [6.45, 7) is 0.310. The molecular weight excluding hydrogens is 266 g/mol. The molecule has 0 aliphatic carbocycles. The van der Waals surface area contributed by atoms with Crippen LogP contribution >= 0.6 is 0 Å². The van der Waals surface area contributed by atoms with E-state index in [0.717, 1.165) is 6.42 Å². The zero-order valence-corrected chi connectivity index (χ0v) is 11.1. The highest BCUT2D eigenvalue weighted by Gasteiger charge is 2.13. The van der Waals surface area contributed by atoms with Crippen molar-refractivity contribution in [3.05, 3.63) is 29.8 Å². The zero-order valence-electron chi connectivity index (χ0n) is 10.3. The van der Waals surface area contributed by atoms with E-state index in [2.05, 4.69) is 10.6 Å². The summed E-state index contributed by atoms with van der Waals surface area (Å²) in [5.41, 5.74) is 0.0490. The Bertz CT molecular complexity index is 570. The molecule has 6 heteroatoms. The second-order valence-electron chi connectivity index (χ2n) is 3.89. The van der Waals surface area contributed by atoms with Crippen LogP contribution in [-0.4, -0.2) is 26.0 Å². The van der Waals surface area contributed by atoms with Crippen LogP contribution in [0.15, 0.2) is 29.2 Å². The van der Waals surface area contributed by atoms with Gasteiger partial charge in [0, 0.05) is 13.0 Å². The summed E-state index contributed by atoms with van der Waals surface area (Å²) in [4.78, 5) is 10.7. The molecule has 0 amide bonds. The van der Waals surface area contributed by atoms with Crippen LogP contribution in [0.1, 0.15) is 29.6 Å². The number of terminal acetylenes is 1. The smallest absolute Gasteiger partial charge is 0.335 e. The first-order chi connectivity index (χ1) is 8.97. The quantitative estimate of drug-likeness (QED) is 0.585. The molecule has 0 saturated heterocycles. The molecule has 1 aromatic carbocycles. The summed E-state index contributed by atoms with van der Waals surface area (Å²) in [6.07, 6.45) is 7.13. The van der Waals surface area contributed by atoms with Gasteiger partial charge in [0.1, 0.15) is 0 Å². The highest BCUT2D eigenvalue weighted by atomic mass is 32.2. The van der Waals surface area contributed by atoms with Crippen molar-refractivity contribution >= 4 is 16.0 Å². The third-order valence-electron chi connectivity index (χ3n) is 2.45. The molecule has 1 aromatic rings. The Hall–Kier alpha value is -1.84. The van der Waals surface area contributed by atoms with E-state index in [-0.39, 0.29) is 10.5 Å². The minimum absolute atomic E-state index is 0.0490. The van der Waals surface area contributed by atoms with Gasteiger partial charge in [0.05, 0.1) is 10.5 Å². The van der Waals surface area contributed by atoms with E-state index in [4.69, 9.17) is 11.5 Å². The summed E-state index contributed by atoms with van der Waals surface area (Å²) < 4.78 is 26.1. The van der Waals surface area contributed by atoms with E-state index in [1.54, 1.807) is 0 Å². The molecule has 0 aromatic heterocycles. The van der Waals surface area contributed by atoms with Crippen LogP contribution in [0.25, 0.3) is 0 Å². The van der Waals surface area contributed by atoms with Crippen LogP contribution in [0.4, 0.5) is 0 Å². The van der Waals surface area contributed by atoms with E-state index in [9.17, 15) is 13.2 Å². The van der Waals surface area contributed by atoms with Gasteiger partial charge in [-0.25, -0.2) is 17.9 Å². The second kappa shape index (κ2) is 6.92. The van der Waals surface area contributed by atoms with Gasteiger partial charge < -0.3 is 5.11 Å². The maximum absolute atomic E-state index is 11.8. The Morgan fingerprint density at radius 1 is 1.26 bits per heavy atom. The lowest BCUT2D eigenvalue weighted by Crippen LogP contribution is -2.24. The van der Waals surface area contributed by atoms with Crippen LogP contribution in [0.2, 0.25) is 0 Å². The molecule has 2 N–H and O–H groups in total. The number of unbranched alkanes of at least 4 members (excludes halogenated alkanes) is 2. The fourth-order valence-corrected chi connectivity index (χ4v) is 2.49. The third kappa shape index (κ3) is 4.73. The molecule has 102 valence electrons. The van der Waals surface area contributed by atoms with Gasteiger partial charge in [-0.3, -0.25) is 0 Å². The summed E-state index contributed by atoms with van der Waals surface area (Å²) in [5.74, 6) is 1.39. The van der Waals surface area contributed by atoms with Gasteiger partial charge in [0.15, 0.2) is 0 Å². The Morgan fingerprint density at radius 2 is 1.89 bits per heavy atom. The molecule has 0 bridgehead atoms. The van der Waals surface area contributed by atoms with Crippen molar-refractivity contribution in [2.45, 2.75) is 24.2 Å². The number of carboxylic acids is 1. The number of hydrogen-bond acceptors (Lipinski definition) is 3. The van der Waals surface area contributed by atoms with Gasteiger partial charge in [0.2, 0.25) is 10.0 Å². The summed E-state index contributed by atoms with van der Waals surface area (Å²) in [7, 11) is -3.58. The Balaban J connectivity index is 2.62. The SMILES string of the molecule is C#CCCCCNS(=O)(=O)c1ccc(C(=O)O)cc1. The maximum atomic E-state index is 11.8. The molecule has 1 rings (SSSR count). The predicted octanol–water partition coefficient (Wildman–Crippen LogP) is 1.47. The lowest BCUT2D eigenvalue weighted by Gasteiger charge is -2.06. The molecular formula is C13H15NO4S. The van der Waals surface area contributed by atoms with Crippen LogP contribution in [0, 0.1) is 12.3 Å². The number of rotatable bonds is 7. The normalized spacial score (nSPS) is 10.9. The predicted molar refractivity (Wildman–Crippen MR) is 71.3 cm³/mol. The van der Waals surface area contributed by atoms with Crippen molar-refractivity contribution in [2.24, 2.45) is 0 Å². The van der Waals surface area contributed by atoms with Crippen LogP contribution in [-0.2, 0) is 10.0 Å². The summed E-state index contributed by atoms with van der Waals surface area (Å²) in [5, 5.41) is 8.72. The third-order valence-corrected chi connectivity index (χ3v) is 3.93. The van der Waals surface area contributed by atoms with Gasteiger partial charge in [-0.15, -0.1) is 12.3 Å². The van der Waals surface area contributed by atoms with Crippen molar-refractivity contribution in [1.82, 2.24) is 4.72 Å². The van der Waals surface area contributed by atoms with Gasteiger partial charge in [-0.1, -0.05) is 0 Å². The number of aromatic carboxylic acids is 1. The van der Waals surface area contributed by atoms with Gasteiger partial charge >= 0.3 is 5.97 Å². The first-order valence-corrected chi connectivity index (χ1v) is 7.22. The van der Waals surface area contributed by atoms with E-state index in [0.29, 0.717) is 19.4 Å². The molecule has 0 aliphatic heterocycles. The van der Waals surface area contributed by atoms with Gasteiger partial charge in [0.25, 0.3) is 0 Å². The lowest BCUT2D eigenvalue weighted by atomic mass is 10.2. The largest absolute Gasteiger partial charge is 0.478 e. The molecule has 0 saturated carbocycles. The first-order valence-electron chi connectivity index (χ1n) is 5.74. The average molecular weight is 281 g/mol. The van der Waals surface area contributed by atoms with Crippen molar-refractivity contribution in [1.29, 1.82) is 0 Å². The number of hydrogen-bond donors (Lipinski definition) is 2.